The van der Waals surface area contributed by atoms with Crippen molar-refractivity contribution < 1.29 is 0 Å². The Labute approximate surface area is 73.3 Å². The van der Waals surface area contributed by atoms with Gasteiger partial charge in [0.1, 0.15) is 0 Å². The molecule has 4 heteroatoms. The van der Waals surface area contributed by atoms with Crippen LogP contribution < -0.4 is 5.56 Å². The van der Waals surface area contributed by atoms with Crippen LogP contribution in [-0.4, -0.2) is 9.07 Å². The molecule has 2 aromatic rings. The predicted molar refractivity (Wildman–Crippen MR) is 47.3 cm³/mol. The van der Waals surface area contributed by atoms with Crippen LogP contribution >= 0.6 is 11.8 Å². The number of hydrogen-bond acceptors (Lipinski definition) is 2. The van der Waals surface area contributed by atoms with Crippen molar-refractivity contribution in [3.8, 4) is 0 Å². The highest BCUT2D eigenvalue weighted by Gasteiger charge is 1.98. The van der Waals surface area contributed by atoms with E-state index in [9.17, 15) is 4.79 Å². The zero-order chi connectivity index (χ0) is 8.55. The van der Waals surface area contributed by atoms with Crippen molar-refractivity contribution in [2.75, 3.05) is 0 Å². The largest absolute Gasteiger partial charge is 0.284 e. The van der Waals surface area contributed by atoms with Gasteiger partial charge in [-0.25, -0.2) is 9.07 Å². The molecule has 1 aromatic heterocycles. The first-order chi connectivity index (χ1) is 5.79. The van der Waals surface area contributed by atoms with E-state index in [2.05, 4.69) is 4.98 Å². The van der Waals surface area contributed by atoms with E-state index in [-0.39, 0.29) is 5.56 Å². The van der Waals surface area contributed by atoms with Crippen LogP contribution in [0.25, 0.3) is 11.0 Å². The van der Waals surface area contributed by atoms with Crippen LogP contribution in [0, 0.1) is 0 Å². The van der Waals surface area contributed by atoms with E-state index in [1.165, 1.54) is 6.20 Å². The molecular formula is C8H5ClN2O. The molecule has 3 nitrogen and oxygen atoms in total. The number of hydrogen-bond donors (Lipinski definition) is 0. The van der Waals surface area contributed by atoms with Crippen molar-refractivity contribution in [1.82, 2.24) is 9.07 Å². The first-order valence-electron chi connectivity index (χ1n) is 3.42. The second-order valence-corrected chi connectivity index (χ2v) is 2.70. The second-order valence-electron chi connectivity index (χ2n) is 2.37. The lowest BCUT2D eigenvalue weighted by Crippen LogP contribution is -2.12. The van der Waals surface area contributed by atoms with Crippen LogP contribution in [0.3, 0.4) is 0 Å². The first-order valence-corrected chi connectivity index (χ1v) is 3.76. The zero-order valence-corrected chi connectivity index (χ0v) is 6.82. The van der Waals surface area contributed by atoms with Gasteiger partial charge in [-0.1, -0.05) is 12.1 Å². The molecule has 0 aliphatic carbocycles. The summed E-state index contributed by atoms with van der Waals surface area (Å²) in [4.78, 5) is 14.9. The summed E-state index contributed by atoms with van der Waals surface area (Å²) in [7, 11) is 0. The monoisotopic (exact) mass is 180 g/mol. The molecule has 0 spiro atoms. The summed E-state index contributed by atoms with van der Waals surface area (Å²) in [5, 5.41) is 0. The molecule has 0 unspecified atom stereocenters. The van der Waals surface area contributed by atoms with Gasteiger partial charge in [0.2, 0.25) is 0 Å². The van der Waals surface area contributed by atoms with E-state index < -0.39 is 0 Å². The maximum absolute atomic E-state index is 11.0. The van der Waals surface area contributed by atoms with Gasteiger partial charge in [0.05, 0.1) is 17.2 Å². The summed E-state index contributed by atoms with van der Waals surface area (Å²) in [5.74, 6) is 0. The smallest absolute Gasteiger partial charge is 0.266 e. The molecule has 60 valence electrons. The quantitative estimate of drug-likeness (QED) is 0.614. The number of halogens is 1. The van der Waals surface area contributed by atoms with Gasteiger partial charge in [-0.3, -0.25) is 4.79 Å². The van der Waals surface area contributed by atoms with Crippen LogP contribution in [0.2, 0.25) is 0 Å². The van der Waals surface area contributed by atoms with Crippen molar-refractivity contribution in [2.45, 2.75) is 0 Å². The van der Waals surface area contributed by atoms with Crippen LogP contribution in [0.4, 0.5) is 0 Å². The molecule has 2 rings (SSSR count). The van der Waals surface area contributed by atoms with Crippen LogP contribution in [0.15, 0.2) is 35.3 Å². The van der Waals surface area contributed by atoms with Gasteiger partial charge in [-0.15, -0.1) is 0 Å². The summed E-state index contributed by atoms with van der Waals surface area (Å²) in [5.41, 5.74) is 1.04. The fourth-order valence-corrected chi connectivity index (χ4v) is 1.22. The molecule has 0 saturated heterocycles. The highest BCUT2D eigenvalue weighted by Crippen LogP contribution is 2.08. The summed E-state index contributed by atoms with van der Waals surface area (Å²) in [6, 6.07) is 7.20. The fraction of sp³-hybridized carbons (Fsp3) is 0. The molecule has 0 N–H and O–H groups in total. The number of aromatic nitrogens is 2. The molecular weight excluding hydrogens is 176 g/mol. The Morgan fingerprint density at radius 2 is 2.08 bits per heavy atom. The highest BCUT2D eigenvalue weighted by molar-refractivity contribution is 6.18. The number of benzene rings is 1. The standard InChI is InChI=1S/C8H5ClN2O/c9-11-7-4-2-1-3-6(7)10-5-8(11)12/h1-5H. The van der Waals surface area contributed by atoms with Crippen LogP contribution in [0.1, 0.15) is 0 Å². The lowest BCUT2D eigenvalue weighted by atomic mass is 10.3. The summed E-state index contributed by atoms with van der Waals surface area (Å²) in [6.07, 6.45) is 1.20. The van der Waals surface area contributed by atoms with Crippen molar-refractivity contribution in [3.05, 3.63) is 40.8 Å². The van der Waals surface area contributed by atoms with Gasteiger partial charge in [0.25, 0.3) is 5.56 Å². The molecule has 0 saturated carbocycles. The molecule has 0 atom stereocenters. The SMILES string of the molecule is O=c1cnc2ccccc2n1Cl. The van der Waals surface area contributed by atoms with E-state index in [0.29, 0.717) is 11.0 Å². The molecule has 0 aliphatic heterocycles. The fourth-order valence-electron chi connectivity index (χ4n) is 1.03. The summed E-state index contributed by atoms with van der Waals surface area (Å²) < 4.78 is 1.06. The van der Waals surface area contributed by atoms with Gasteiger partial charge in [0, 0.05) is 11.8 Å². The third-order valence-corrected chi connectivity index (χ3v) is 1.95. The lowest BCUT2D eigenvalue weighted by Gasteiger charge is -1.98. The molecule has 1 heterocycles. The molecule has 12 heavy (non-hydrogen) atoms. The van der Waals surface area contributed by atoms with Crippen molar-refractivity contribution in [1.29, 1.82) is 0 Å². The van der Waals surface area contributed by atoms with E-state index >= 15 is 0 Å². The van der Waals surface area contributed by atoms with E-state index in [1.807, 2.05) is 12.1 Å². The topological polar surface area (TPSA) is 34.9 Å². The minimum absolute atomic E-state index is 0.310. The normalized spacial score (nSPS) is 10.4. The van der Waals surface area contributed by atoms with E-state index in [4.69, 9.17) is 11.8 Å². The molecule has 0 aliphatic rings. The number of fused-ring (bicyclic) bond motifs is 1. The highest BCUT2D eigenvalue weighted by atomic mass is 35.5. The molecule has 0 fully saturated rings. The Kier molecular flexibility index (Phi) is 1.59. The minimum Gasteiger partial charge on any atom is -0.266 e. The maximum atomic E-state index is 11.0. The van der Waals surface area contributed by atoms with E-state index in [0.717, 1.165) is 4.09 Å². The molecule has 0 bridgehead atoms. The lowest BCUT2D eigenvalue weighted by molar-refractivity contribution is 1.14. The van der Waals surface area contributed by atoms with Gasteiger partial charge < -0.3 is 0 Å². The maximum Gasteiger partial charge on any atom is 0.284 e. The Morgan fingerprint density at radius 3 is 2.92 bits per heavy atom. The Bertz CT molecular complexity index is 478. The number of nitrogens with zero attached hydrogens (tertiary/aromatic N) is 2. The Morgan fingerprint density at radius 1 is 1.33 bits per heavy atom. The van der Waals surface area contributed by atoms with Crippen molar-refractivity contribution in [3.63, 3.8) is 0 Å². The molecule has 0 radical (unpaired) electrons. The van der Waals surface area contributed by atoms with E-state index in [1.54, 1.807) is 12.1 Å². The summed E-state index contributed by atoms with van der Waals surface area (Å²) >= 11 is 5.69. The zero-order valence-electron chi connectivity index (χ0n) is 6.07. The van der Waals surface area contributed by atoms with Crippen LogP contribution in [-0.2, 0) is 0 Å². The summed E-state index contributed by atoms with van der Waals surface area (Å²) in [6.45, 7) is 0. The third-order valence-electron chi connectivity index (χ3n) is 1.60. The average Bonchev–Trinajstić information content (AvgIpc) is 2.12. The average molecular weight is 181 g/mol. The van der Waals surface area contributed by atoms with Crippen molar-refractivity contribution >= 4 is 22.8 Å². The molecule has 0 amide bonds. The first kappa shape index (κ1) is 7.31. The van der Waals surface area contributed by atoms with Crippen LogP contribution in [0.5, 0.6) is 0 Å². The third kappa shape index (κ3) is 0.987. The predicted octanol–water partition coefficient (Wildman–Crippen LogP) is 1.40. The number of para-hydroxylation sites is 2. The van der Waals surface area contributed by atoms with Gasteiger partial charge in [0.15, 0.2) is 0 Å². The van der Waals surface area contributed by atoms with Gasteiger partial charge in [-0.2, -0.15) is 0 Å². The van der Waals surface area contributed by atoms with Gasteiger partial charge >= 0.3 is 0 Å². The molecule has 1 aromatic carbocycles. The van der Waals surface area contributed by atoms with Crippen molar-refractivity contribution in [2.24, 2.45) is 0 Å². The van der Waals surface area contributed by atoms with Gasteiger partial charge in [-0.05, 0) is 12.1 Å². The number of rotatable bonds is 0. The minimum atomic E-state index is -0.310. The Balaban J connectivity index is 3.01. The Hall–Kier alpha value is -1.35. The second kappa shape index (κ2) is 2.60.